The number of benzene rings is 2. The monoisotopic (exact) mass is 244 g/mol. The van der Waals surface area contributed by atoms with E-state index in [1.165, 1.54) is 16.3 Å². The van der Waals surface area contributed by atoms with Gasteiger partial charge in [-0.05, 0) is 41.9 Å². The molecule has 0 bridgehead atoms. The van der Waals surface area contributed by atoms with E-state index in [0.29, 0.717) is 6.67 Å². The highest BCUT2D eigenvalue weighted by molar-refractivity contribution is 5.84. The van der Waals surface area contributed by atoms with Gasteiger partial charge in [-0.25, -0.2) is 0 Å². The van der Waals surface area contributed by atoms with Crippen molar-refractivity contribution in [3.63, 3.8) is 0 Å². The van der Waals surface area contributed by atoms with E-state index in [-0.39, 0.29) is 0 Å². The minimum Gasteiger partial charge on any atom is -0.497 e. The second kappa shape index (κ2) is 5.85. The van der Waals surface area contributed by atoms with E-state index in [4.69, 9.17) is 10.5 Å². The van der Waals surface area contributed by atoms with E-state index in [9.17, 15) is 0 Å². The van der Waals surface area contributed by atoms with Crippen molar-refractivity contribution in [2.45, 2.75) is 6.42 Å². The predicted molar refractivity (Wildman–Crippen MR) is 75.9 cm³/mol. The number of likely N-dealkylation sites (N-methyl/N-ethyl adjacent to an activating group) is 1. The van der Waals surface area contributed by atoms with Gasteiger partial charge in [0.2, 0.25) is 0 Å². The molecule has 3 heteroatoms. The van der Waals surface area contributed by atoms with E-state index in [0.717, 1.165) is 18.7 Å². The zero-order valence-electron chi connectivity index (χ0n) is 11.0. The Morgan fingerprint density at radius 1 is 1.11 bits per heavy atom. The number of hydrogen-bond donors (Lipinski definition) is 1. The quantitative estimate of drug-likeness (QED) is 0.820. The molecule has 0 saturated heterocycles. The maximum atomic E-state index is 5.57. The molecule has 0 aliphatic rings. The highest BCUT2D eigenvalue weighted by Gasteiger charge is 2.00. The molecular formula is C15H20N2O. The van der Waals surface area contributed by atoms with E-state index in [1.54, 1.807) is 7.11 Å². The summed E-state index contributed by atoms with van der Waals surface area (Å²) < 4.78 is 5.23. The van der Waals surface area contributed by atoms with Gasteiger partial charge in [-0.1, -0.05) is 24.3 Å². The first kappa shape index (κ1) is 12.9. The van der Waals surface area contributed by atoms with Crippen LogP contribution in [0.4, 0.5) is 0 Å². The van der Waals surface area contributed by atoms with Crippen LogP contribution in [0.3, 0.4) is 0 Å². The molecule has 0 aromatic heterocycles. The number of fused-ring (bicyclic) bond motifs is 1. The first-order valence-electron chi connectivity index (χ1n) is 6.18. The minimum atomic E-state index is 0.602. The first-order valence-corrected chi connectivity index (χ1v) is 6.18. The Morgan fingerprint density at radius 2 is 1.83 bits per heavy atom. The lowest BCUT2D eigenvalue weighted by atomic mass is 10.0. The van der Waals surface area contributed by atoms with Crippen LogP contribution in [0.5, 0.6) is 5.75 Å². The summed E-state index contributed by atoms with van der Waals surface area (Å²) in [5, 5.41) is 2.47. The van der Waals surface area contributed by atoms with Crippen LogP contribution >= 0.6 is 0 Å². The van der Waals surface area contributed by atoms with Crippen LogP contribution in [0.1, 0.15) is 5.56 Å². The maximum Gasteiger partial charge on any atom is 0.119 e. The number of methoxy groups -OCH3 is 1. The average molecular weight is 244 g/mol. The van der Waals surface area contributed by atoms with Crippen molar-refractivity contribution in [2.75, 3.05) is 27.4 Å². The highest BCUT2D eigenvalue weighted by Crippen LogP contribution is 2.22. The van der Waals surface area contributed by atoms with Crippen molar-refractivity contribution in [3.05, 3.63) is 42.0 Å². The number of ether oxygens (including phenoxy) is 1. The first-order chi connectivity index (χ1) is 8.72. The molecule has 0 spiro atoms. The van der Waals surface area contributed by atoms with Gasteiger partial charge in [0, 0.05) is 13.2 Å². The van der Waals surface area contributed by atoms with Gasteiger partial charge in [0.1, 0.15) is 5.75 Å². The van der Waals surface area contributed by atoms with Crippen molar-refractivity contribution in [1.29, 1.82) is 0 Å². The Hall–Kier alpha value is -1.58. The predicted octanol–water partition coefficient (Wildman–Crippen LogP) is 2.24. The Bertz CT molecular complexity index is 525. The SMILES string of the molecule is COc1ccc2cc(CCN(C)CN)ccc2c1. The molecule has 0 aliphatic carbocycles. The van der Waals surface area contributed by atoms with Gasteiger partial charge < -0.3 is 10.5 Å². The summed E-state index contributed by atoms with van der Waals surface area (Å²) in [5.74, 6) is 0.901. The van der Waals surface area contributed by atoms with Crippen molar-refractivity contribution in [1.82, 2.24) is 4.90 Å². The van der Waals surface area contributed by atoms with Gasteiger partial charge in [0.15, 0.2) is 0 Å². The van der Waals surface area contributed by atoms with Crippen molar-refractivity contribution >= 4 is 10.8 Å². The third kappa shape index (κ3) is 3.00. The van der Waals surface area contributed by atoms with Crippen molar-refractivity contribution in [3.8, 4) is 5.75 Å². The molecule has 0 fully saturated rings. The Morgan fingerprint density at radius 3 is 2.56 bits per heavy atom. The lowest BCUT2D eigenvalue weighted by molar-refractivity contribution is 0.349. The molecule has 0 unspecified atom stereocenters. The largest absolute Gasteiger partial charge is 0.497 e. The fraction of sp³-hybridized carbons (Fsp3) is 0.333. The summed E-state index contributed by atoms with van der Waals surface area (Å²) in [6.07, 6.45) is 1.02. The standard InChI is InChI=1S/C15H20N2O/c1-17(11-16)8-7-12-3-4-14-10-15(18-2)6-5-13(14)9-12/h3-6,9-10H,7-8,11,16H2,1-2H3. The lowest BCUT2D eigenvalue weighted by Gasteiger charge is -2.13. The molecule has 2 aromatic rings. The van der Waals surface area contributed by atoms with Crippen LogP contribution in [0.2, 0.25) is 0 Å². The van der Waals surface area contributed by atoms with Crippen LogP contribution in [0.15, 0.2) is 36.4 Å². The van der Waals surface area contributed by atoms with Gasteiger partial charge >= 0.3 is 0 Å². The molecule has 2 N–H and O–H groups in total. The molecule has 0 heterocycles. The lowest BCUT2D eigenvalue weighted by Crippen LogP contribution is -2.27. The molecule has 0 amide bonds. The number of nitrogens with zero attached hydrogens (tertiary/aromatic N) is 1. The van der Waals surface area contributed by atoms with Crippen molar-refractivity contribution in [2.24, 2.45) is 5.73 Å². The topological polar surface area (TPSA) is 38.5 Å². The molecule has 0 atom stereocenters. The van der Waals surface area contributed by atoms with E-state index in [1.807, 2.05) is 13.1 Å². The summed E-state index contributed by atoms with van der Waals surface area (Å²) in [5.41, 5.74) is 6.91. The fourth-order valence-corrected chi connectivity index (χ4v) is 1.97. The van der Waals surface area contributed by atoms with Gasteiger partial charge in [-0.2, -0.15) is 0 Å². The van der Waals surface area contributed by atoms with Gasteiger partial charge in [0.05, 0.1) is 7.11 Å². The summed E-state index contributed by atoms with van der Waals surface area (Å²) in [6.45, 7) is 1.59. The Kier molecular flexibility index (Phi) is 4.18. The van der Waals surface area contributed by atoms with Crippen LogP contribution in [-0.2, 0) is 6.42 Å². The molecule has 96 valence electrons. The van der Waals surface area contributed by atoms with Crippen LogP contribution in [0, 0.1) is 0 Å². The van der Waals surface area contributed by atoms with Gasteiger partial charge in [-0.3, -0.25) is 4.90 Å². The van der Waals surface area contributed by atoms with Gasteiger partial charge in [0.25, 0.3) is 0 Å². The Balaban J connectivity index is 2.17. The van der Waals surface area contributed by atoms with Crippen molar-refractivity contribution < 1.29 is 4.74 Å². The van der Waals surface area contributed by atoms with E-state index >= 15 is 0 Å². The summed E-state index contributed by atoms with van der Waals surface area (Å²) >= 11 is 0. The summed E-state index contributed by atoms with van der Waals surface area (Å²) in [6, 6.07) is 12.7. The average Bonchev–Trinajstić information content (AvgIpc) is 2.43. The third-order valence-electron chi connectivity index (χ3n) is 3.21. The normalized spacial score (nSPS) is 11.1. The minimum absolute atomic E-state index is 0.602. The second-order valence-corrected chi connectivity index (χ2v) is 4.56. The fourth-order valence-electron chi connectivity index (χ4n) is 1.97. The van der Waals surface area contributed by atoms with E-state index in [2.05, 4.69) is 35.2 Å². The molecular weight excluding hydrogens is 224 g/mol. The number of nitrogens with two attached hydrogens (primary N) is 1. The Labute approximate surface area is 108 Å². The van der Waals surface area contributed by atoms with Gasteiger partial charge in [-0.15, -0.1) is 0 Å². The zero-order valence-corrected chi connectivity index (χ0v) is 11.0. The maximum absolute atomic E-state index is 5.57. The van der Waals surface area contributed by atoms with Crippen LogP contribution < -0.4 is 10.5 Å². The molecule has 0 aliphatic heterocycles. The molecule has 0 radical (unpaired) electrons. The highest BCUT2D eigenvalue weighted by atomic mass is 16.5. The number of rotatable bonds is 5. The summed E-state index contributed by atoms with van der Waals surface area (Å²) in [7, 11) is 3.73. The zero-order chi connectivity index (χ0) is 13.0. The van der Waals surface area contributed by atoms with E-state index < -0.39 is 0 Å². The molecule has 18 heavy (non-hydrogen) atoms. The van der Waals surface area contributed by atoms with Crippen LogP contribution in [0.25, 0.3) is 10.8 Å². The molecule has 3 nitrogen and oxygen atoms in total. The molecule has 2 rings (SSSR count). The number of hydrogen-bond acceptors (Lipinski definition) is 3. The third-order valence-corrected chi connectivity index (χ3v) is 3.21. The molecule has 0 saturated carbocycles. The smallest absolute Gasteiger partial charge is 0.119 e. The summed E-state index contributed by atoms with van der Waals surface area (Å²) in [4.78, 5) is 2.11. The van der Waals surface area contributed by atoms with Crippen LogP contribution in [-0.4, -0.2) is 32.3 Å². The molecule has 2 aromatic carbocycles. The second-order valence-electron chi connectivity index (χ2n) is 4.56.